The van der Waals surface area contributed by atoms with Crippen LogP contribution in [0.5, 0.6) is 0 Å². The molecule has 0 aromatic rings. The zero-order valence-electron chi connectivity index (χ0n) is 12.6. The minimum Gasteiger partial charge on any atom is -0.466 e. The fourth-order valence-electron chi connectivity index (χ4n) is 1.18. The van der Waals surface area contributed by atoms with Crippen LogP contribution in [0.2, 0.25) is 18.1 Å². The maximum Gasteiger partial charge on any atom is 0.308 e. The molecule has 1 atom stereocenters. The van der Waals surface area contributed by atoms with Gasteiger partial charge in [-0.3, -0.25) is 4.79 Å². The van der Waals surface area contributed by atoms with E-state index in [0.717, 1.165) is 0 Å². The van der Waals surface area contributed by atoms with Crippen LogP contribution in [0.1, 0.15) is 40.5 Å². The quantitative estimate of drug-likeness (QED) is 0.574. The van der Waals surface area contributed by atoms with E-state index >= 15 is 0 Å². The fourth-order valence-corrected chi connectivity index (χ4v) is 2.24. The van der Waals surface area contributed by atoms with Crippen molar-refractivity contribution in [2.45, 2.75) is 64.8 Å². The highest BCUT2D eigenvalue weighted by molar-refractivity contribution is 6.74. The molecule has 1 N–H and O–H groups in total. The van der Waals surface area contributed by atoms with Crippen molar-refractivity contribution >= 4 is 14.3 Å². The van der Waals surface area contributed by atoms with E-state index in [4.69, 9.17) is 9.16 Å². The molecule has 0 bridgehead atoms. The van der Waals surface area contributed by atoms with Crippen LogP contribution in [0.3, 0.4) is 0 Å². The molecule has 0 saturated carbocycles. The van der Waals surface area contributed by atoms with Gasteiger partial charge >= 0.3 is 5.97 Å². The van der Waals surface area contributed by atoms with Gasteiger partial charge in [0.05, 0.1) is 19.1 Å². The Kier molecular flexibility index (Phi) is 7.10. The van der Waals surface area contributed by atoms with Crippen molar-refractivity contribution in [3.05, 3.63) is 0 Å². The molecular formula is C13H28O4Si. The predicted molar refractivity (Wildman–Crippen MR) is 75.0 cm³/mol. The van der Waals surface area contributed by atoms with Crippen LogP contribution in [0.15, 0.2) is 0 Å². The lowest BCUT2D eigenvalue weighted by Gasteiger charge is -2.36. The lowest BCUT2D eigenvalue weighted by Crippen LogP contribution is -2.41. The van der Waals surface area contributed by atoms with E-state index in [0.29, 0.717) is 19.6 Å². The number of hydrogen-bond donors (Lipinski definition) is 1. The summed E-state index contributed by atoms with van der Waals surface area (Å²) in [5.74, 6) is -0.350. The van der Waals surface area contributed by atoms with Gasteiger partial charge in [0.25, 0.3) is 0 Å². The normalized spacial score (nSPS) is 14.4. The van der Waals surface area contributed by atoms with Gasteiger partial charge in [0.2, 0.25) is 0 Å². The van der Waals surface area contributed by atoms with Crippen LogP contribution in [0.4, 0.5) is 0 Å². The molecular weight excluding hydrogens is 248 g/mol. The Hall–Kier alpha value is -0.393. The predicted octanol–water partition coefficient (Wildman–Crippen LogP) is 2.71. The van der Waals surface area contributed by atoms with Crippen LogP contribution in [0, 0.1) is 0 Å². The number of carbonyl (C=O) groups is 1. The first-order valence-corrected chi connectivity index (χ1v) is 9.48. The van der Waals surface area contributed by atoms with Crippen molar-refractivity contribution in [3.63, 3.8) is 0 Å². The molecule has 0 aliphatic heterocycles. The SMILES string of the molecule is CCOC(=O)C[C@H](O)CCO[Si](C)(C)C(C)(C)C. The maximum absolute atomic E-state index is 11.2. The topological polar surface area (TPSA) is 55.8 Å². The second kappa shape index (κ2) is 7.26. The third-order valence-electron chi connectivity index (χ3n) is 3.43. The zero-order chi connectivity index (χ0) is 14.4. The molecule has 18 heavy (non-hydrogen) atoms. The average molecular weight is 276 g/mol. The summed E-state index contributed by atoms with van der Waals surface area (Å²) in [6, 6.07) is 0. The first-order valence-electron chi connectivity index (χ1n) is 6.58. The number of hydrogen-bond acceptors (Lipinski definition) is 4. The van der Waals surface area contributed by atoms with Gasteiger partial charge in [-0.1, -0.05) is 20.8 Å². The van der Waals surface area contributed by atoms with Crippen LogP contribution >= 0.6 is 0 Å². The van der Waals surface area contributed by atoms with E-state index in [-0.39, 0.29) is 17.4 Å². The second-order valence-corrected chi connectivity index (χ2v) is 10.9. The third kappa shape index (κ3) is 6.52. The van der Waals surface area contributed by atoms with Crippen molar-refractivity contribution in [2.75, 3.05) is 13.2 Å². The van der Waals surface area contributed by atoms with E-state index in [1.807, 2.05) is 0 Å². The van der Waals surface area contributed by atoms with Gasteiger partial charge in [-0.05, 0) is 31.5 Å². The van der Waals surface area contributed by atoms with Crippen molar-refractivity contribution < 1.29 is 19.1 Å². The van der Waals surface area contributed by atoms with E-state index in [2.05, 4.69) is 33.9 Å². The van der Waals surface area contributed by atoms with E-state index in [9.17, 15) is 9.90 Å². The Morgan fingerprint density at radius 1 is 1.33 bits per heavy atom. The summed E-state index contributed by atoms with van der Waals surface area (Å²) in [7, 11) is -1.75. The van der Waals surface area contributed by atoms with Crippen LogP contribution in [-0.2, 0) is 14.0 Å². The zero-order valence-corrected chi connectivity index (χ0v) is 13.6. The summed E-state index contributed by atoms with van der Waals surface area (Å²) in [5, 5.41) is 9.85. The number of ether oxygens (including phenoxy) is 1. The van der Waals surface area contributed by atoms with Gasteiger partial charge in [-0.15, -0.1) is 0 Å². The van der Waals surface area contributed by atoms with Gasteiger partial charge in [0, 0.05) is 6.61 Å². The molecule has 0 saturated heterocycles. The number of rotatable bonds is 7. The highest BCUT2D eigenvalue weighted by Gasteiger charge is 2.36. The van der Waals surface area contributed by atoms with E-state index in [1.54, 1.807) is 6.92 Å². The van der Waals surface area contributed by atoms with Crippen LogP contribution in [0.25, 0.3) is 0 Å². The molecule has 0 amide bonds. The molecule has 0 unspecified atom stereocenters. The molecule has 5 heteroatoms. The Bertz CT molecular complexity index is 258. The molecule has 4 nitrogen and oxygen atoms in total. The lowest BCUT2D eigenvalue weighted by molar-refractivity contribution is -0.145. The maximum atomic E-state index is 11.2. The number of aliphatic hydroxyl groups is 1. The van der Waals surface area contributed by atoms with E-state index < -0.39 is 14.4 Å². The molecule has 0 spiro atoms. The number of esters is 1. The van der Waals surface area contributed by atoms with Gasteiger partial charge < -0.3 is 14.3 Å². The third-order valence-corrected chi connectivity index (χ3v) is 7.97. The molecule has 0 radical (unpaired) electrons. The molecule has 0 aliphatic carbocycles. The van der Waals surface area contributed by atoms with Gasteiger partial charge in [-0.2, -0.15) is 0 Å². The molecule has 0 heterocycles. The van der Waals surface area contributed by atoms with Crippen LogP contribution in [-0.4, -0.2) is 38.7 Å². The minimum absolute atomic E-state index is 0.0503. The second-order valence-electron chi connectivity index (χ2n) is 6.06. The Balaban J connectivity index is 3.94. The molecule has 0 rings (SSSR count). The van der Waals surface area contributed by atoms with Crippen molar-refractivity contribution in [3.8, 4) is 0 Å². The monoisotopic (exact) mass is 276 g/mol. The fraction of sp³-hybridized carbons (Fsp3) is 0.923. The summed E-state index contributed by atoms with van der Waals surface area (Å²) in [5.41, 5.74) is 0. The average Bonchev–Trinajstić information content (AvgIpc) is 2.15. The Morgan fingerprint density at radius 2 is 1.89 bits per heavy atom. The highest BCUT2D eigenvalue weighted by atomic mass is 28.4. The summed E-state index contributed by atoms with van der Waals surface area (Å²) >= 11 is 0. The molecule has 0 aromatic carbocycles. The van der Waals surface area contributed by atoms with Gasteiger partial charge in [-0.25, -0.2) is 0 Å². The van der Waals surface area contributed by atoms with Gasteiger partial charge in [0.15, 0.2) is 8.32 Å². The first kappa shape index (κ1) is 17.6. The van der Waals surface area contributed by atoms with Crippen molar-refractivity contribution in [1.29, 1.82) is 0 Å². The first-order chi connectivity index (χ1) is 8.10. The highest BCUT2D eigenvalue weighted by Crippen LogP contribution is 2.36. The summed E-state index contributed by atoms with van der Waals surface area (Å²) < 4.78 is 10.7. The van der Waals surface area contributed by atoms with Crippen molar-refractivity contribution in [2.24, 2.45) is 0 Å². The largest absolute Gasteiger partial charge is 0.466 e. The standard InChI is InChI=1S/C13H28O4Si/c1-7-16-12(15)10-11(14)8-9-17-18(5,6)13(2,3)4/h11,14H,7-10H2,1-6H3/t11-/m1/s1. The van der Waals surface area contributed by atoms with Gasteiger partial charge in [0.1, 0.15) is 0 Å². The van der Waals surface area contributed by atoms with Crippen molar-refractivity contribution in [1.82, 2.24) is 0 Å². The number of carbonyl (C=O) groups excluding carboxylic acids is 1. The Morgan fingerprint density at radius 3 is 2.33 bits per heavy atom. The molecule has 0 aliphatic rings. The minimum atomic E-state index is -1.75. The smallest absolute Gasteiger partial charge is 0.308 e. The van der Waals surface area contributed by atoms with Crippen LogP contribution < -0.4 is 0 Å². The summed E-state index contributed by atoms with van der Waals surface area (Å²) in [6.45, 7) is 13.5. The summed E-state index contributed by atoms with van der Waals surface area (Å²) in [6.07, 6.45) is -0.145. The molecule has 108 valence electrons. The number of aliphatic hydroxyl groups excluding tert-OH is 1. The molecule has 0 aromatic heterocycles. The lowest BCUT2D eigenvalue weighted by atomic mass is 10.2. The molecule has 0 fully saturated rings. The Labute approximate surface area is 112 Å². The van der Waals surface area contributed by atoms with E-state index in [1.165, 1.54) is 0 Å². The summed E-state index contributed by atoms with van der Waals surface area (Å²) in [4.78, 5) is 11.2.